The predicted octanol–water partition coefficient (Wildman–Crippen LogP) is 2.87. The molecule has 0 radical (unpaired) electrons. The fourth-order valence-electron chi connectivity index (χ4n) is 2.01. The van der Waals surface area contributed by atoms with E-state index in [0.717, 1.165) is 21.5 Å². The number of carbonyl (C=O) groups is 1. The first-order valence-electron chi connectivity index (χ1n) is 6.19. The summed E-state index contributed by atoms with van der Waals surface area (Å²) in [6.45, 7) is 3.83. The van der Waals surface area contributed by atoms with E-state index < -0.39 is 0 Å². The van der Waals surface area contributed by atoms with Crippen molar-refractivity contribution in [2.75, 3.05) is 5.32 Å². The Morgan fingerprint density at radius 3 is 2.25 bits per heavy atom. The van der Waals surface area contributed by atoms with E-state index in [2.05, 4.69) is 21.2 Å². The Balaban J connectivity index is 2.12. The number of rotatable bonds is 3. The summed E-state index contributed by atoms with van der Waals surface area (Å²) in [6.07, 6.45) is 0. The van der Waals surface area contributed by atoms with E-state index in [1.807, 2.05) is 42.7 Å². The molecule has 0 aliphatic heterocycles. The Hall–Kier alpha value is -1.88. The van der Waals surface area contributed by atoms with Crippen LogP contribution in [-0.2, 0) is 11.3 Å². The van der Waals surface area contributed by atoms with Crippen molar-refractivity contribution in [2.45, 2.75) is 20.4 Å². The van der Waals surface area contributed by atoms with Crippen LogP contribution in [0.15, 0.2) is 45.7 Å². The zero-order valence-corrected chi connectivity index (χ0v) is 12.9. The molecule has 0 saturated heterocycles. The van der Waals surface area contributed by atoms with Gasteiger partial charge in [-0.05, 0) is 38.1 Å². The molecule has 2 aromatic rings. The maximum absolute atomic E-state index is 12.0. The van der Waals surface area contributed by atoms with Crippen molar-refractivity contribution < 1.29 is 4.79 Å². The van der Waals surface area contributed by atoms with Gasteiger partial charge in [-0.15, -0.1) is 0 Å². The molecular formula is C15H15BrN2O2. The highest BCUT2D eigenvalue weighted by Crippen LogP contribution is 2.14. The predicted molar refractivity (Wildman–Crippen MR) is 82.9 cm³/mol. The number of nitrogens with one attached hydrogen (secondary N) is 1. The Bertz CT molecular complexity index is 664. The molecule has 1 amide bonds. The van der Waals surface area contributed by atoms with Crippen LogP contribution in [0.5, 0.6) is 0 Å². The smallest absolute Gasteiger partial charge is 0.244 e. The van der Waals surface area contributed by atoms with Gasteiger partial charge in [0.2, 0.25) is 5.91 Å². The number of amides is 1. The fraction of sp³-hybridized carbons (Fsp3) is 0.200. The number of aryl methyl sites for hydroxylation is 2. The van der Waals surface area contributed by atoms with Crippen molar-refractivity contribution in [3.63, 3.8) is 0 Å². The van der Waals surface area contributed by atoms with E-state index in [9.17, 15) is 9.59 Å². The molecule has 5 heteroatoms. The third-order valence-electron chi connectivity index (χ3n) is 2.98. The average Bonchev–Trinajstić information content (AvgIpc) is 2.36. The summed E-state index contributed by atoms with van der Waals surface area (Å²) in [7, 11) is 0. The number of nitrogens with zero attached hydrogens (tertiary/aromatic N) is 1. The molecule has 0 aliphatic carbocycles. The van der Waals surface area contributed by atoms with Crippen LogP contribution in [0.3, 0.4) is 0 Å². The standard InChI is InChI=1S/C15H15BrN2O2/c1-10-7-14(19)8-11(2)18(10)9-15(20)17-13-5-3-12(16)4-6-13/h3-8H,9H2,1-2H3,(H,17,20). The molecule has 0 atom stereocenters. The van der Waals surface area contributed by atoms with Gasteiger partial charge in [-0.1, -0.05) is 15.9 Å². The number of aromatic nitrogens is 1. The second-order valence-electron chi connectivity index (χ2n) is 4.62. The summed E-state index contributed by atoms with van der Waals surface area (Å²) in [5, 5.41) is 2.83. The van der Waals surface area contributed by atoms with Gasteiger partial charge in [-0.2, -0.15) is 0 Å². The first-order chi connectivity index (χ1) is 9.45. The van der Waals surface area contributed by atoms with Gasteiger partial charge in [0.15, 0.2) is 5.43 Å². The summed E-state index contributed by atoms with van der Waals surface area (Å²) in [6, 6.07) is 10.4. The zero-order chi connectivity index (χ0) is 14.7. The molecule has 0 saturated carbocycles. The molecule has 1 aromatic heterocycles. The molecule has 0 aliphatic rings. The lowest BCUT2D eigenvalue weighted by atomic mass is 10.3. The van der Waals surface area contributed by atoms with Crippen molar-refractivity contribution in [2.24, 2.45) is 0 Å². The zero-order valence-electron chi connectivity index (χ0n) is 11.3. The van der Waals surface area contributed by atoms with Crippen LogP contribution in [0, 0.1) is 13.8 Å². The Labute approximate surface area is 125 Å². The van der Waals surface area contributed by atoms with Crippen molar-refractivity contribution in [1.82, 2.24) is 4.57 Å². The van der Waals surface area contributed by atoms with Gasteiger partial charge in [0.05, 0.1) is 0 Å². The SMILES string of the molecule is Cc1cc(=O)cc(C)n1CC(=O)Nc1ccc(Br)cc1. The van der Waals surface area contributed by atoms with Crippen molar-refractivity contribution >= 4 is 27.5 Å². The summed E-state index contributed by atoms with van der Waals surface area (Å²) in [4.78, 5) is 23.4. The number of pyridine rings is 1. The minimum absolute atomic E-state index is 0.0374. The van der Waals surface area contributed by atoms with Gasteiger partial charge in [-0.25, -0.2) is 0 Å². The third kappa shape index (κ3) is 3.57. The minimum atomic E-state index is -0.123. The minimum Gasteiger partial charge on any atom is -0.340 e. The highest BCUT2D eigenvalue weighted by molar-refractivity contribution is 9.10. The molecule has 1 N–H and O–H groups in total. The lowest BCUT2D eigenvalue weighted by Crippen LogP contribution is -2.23. The maximum atomic E-state index is 12.0. The van der Waals surface area contributed by atoms with Gasteiger partial charge < -0.3 is 9.88 Å². The van der Waals surface area contributed by atoms with E-state index in [1.165, 1.54) is 12.1 Å². The first kappa shape index (κ1) is 14.5. The van der Waals surface area contributed by atoms with Crippen molar-refractivity contribution in [3.05, 3.63) is 62.5 Å². The van der Waals surface area contributed by atoms with Gasteiger partial charge in [-0.3, -0.25) is 9.59 Å². The molecule has 0 fully saturated rings. The van der Waals surface area contributed by atoms with Crippen molar-refractivity contribution in [3.8, 4) is 0 Å². The number of carbonyl (C=O) groups excluding carboxylic acids is 1. The lowest BCUT2D eigenvalue weighted by molar-refractivity contribution is -0.116. The molecule has 20 heavy (non-hydrogen) atoms. The monoisotopic (exact) mass is 334 g/mol. The molecule has 0 bridgehead atoms. The number of anilines is 1. The molecule has 2 rings (SSSR count). The number of hydrogen-bond donors (Lipinski definition) is 1. The molecule has 1 aromatic carbocycles. The van der Waals surface area contributed by atoms with Crippen LogP contribution in [0.25, 0.3) is 0 Å². The van der Waals surface area contributed by atoms with Crippen LogP contribution in [0.1, 0.15) is 11.4 Å². The largest absolute Gasteiger partial charge is 0.340 e. The molecule has 104 valence electrons. The second-order valence-corrected chi connectivity index (χ2v) is 5.53. The Morgan fingerprint density at radius 2 is 1.70 bits per heavy atom. The van der Waals surface area contributed by atoms with E-state index in [0.29, 0.717) is 0 Å². The van der Waals surface area contributed by atoms with Crippen LogP contribution >= 0.6 is 15.9 Å². The van der Waals surface area contributed by atoms with E-state index in [-0.39, 0.29) is 17.9 Å². The maximum Gasteiger partial charge on any atom is 0.244 e. The average molecular weight is 335 g/mol. The highest BCUT2D eigenvalue weighted by atomic mass is 79.9. The lowest BCUT2D eigenvalue weighted by Gasteiger charge is -2.14. The van der Waals surface area contributed by atoms with E-state index in [4.69, 9.17) is 0 Å². The van der Waals surface area contributed by atoms with Crippen LogP contribution in [-0.4, -0.2) is 10.5 Å². The molecule has 0 spiro atoms. The summed E-state index contributed by atoms with van der Waals surface area (Å²) >= 11 is 3.34. The number of halogens is 1. The van der Waals surface area contributed by atoms with Gasteiger partial charge >= 0.3 is 0 Å². The van der Waals surface area contributed by atoms with Crippen molar-refractivity contribution in [1.29, 1.82) is 0 Å². The fourth-order valence-corrected chi connectivity index (χ4v) is 2.28. The first-order valence-corrected chi connectivity index (χ1v) is 6.98. The van der Waals surface area contributed by atoms with Crippen LogP contribution in [0.4, 0.5) is 5.69 Å². The van der Waals surface area contributed by atoms with Crippen LogP contribution in [0.2, 0.25) is 0 Å². The Kier molecular flexibility index (Phi) is 4.39. The summed E-state index contributed by atoms with van der Waals surface area (Å²) in [5.41, 5.74) is 2.26. The number of benzene rings is 1. The normalized spacial score (nSPS) is 10.3. The summed E-state index contributed by atoms with van der Waals surface area (Å²) in [5.74, 6) is -0.123. The van der Waals surface area contributed by atoms with Gasteiger partial charge in [0.1, 0.15) is 6.54 Å². The molecule has 1 heterocycles. The summed E-state index contributed by atoms with van der Waals surface area (Å²) < 4.78 is 2.78. The third-order valence-corrected chi connectivity index (χ3v) is 3.51. The molecule has 4 nitrogen and oxygen atoms in total. The van der Waals surface area contributed by atoms with E-state index >= 15 is 0 Å². The topological polar surface area (TPSA) is 51.1 Å². The van der Waals surface area contributed by atoms with E-state index in [1.54, 1.807) is 0 Å². The van der Waals surface area contributed by atoms with Crippen LogP contribution < -0.4 is 10.7 Å². The Morgan fingerprint density at radius 1 is 1.15 bits per heavy atom. The van der Waals surface area contributed by atoms with Gasteiger partial charge in [0, 0.05) is 33.7 Å². The molecule has 0 unspecified atom stereocenters. The van der Waals surface area contributed by atoms with Gasteiger partial charge in [0.25, 0.3) is 0 Å². The number of hydrogen-bond acceptors (Lipinski definition) is 2. The highest BCUT2D eigenvalue weighted by Gasteiger charge is 2.07. The molecular weight excluding hydrogens is 320 g/mol. The quantitative estimate of drug-likeness (QED) is 0.938. The second kappa shape index (κ2) is 6.05.